The zero-order valence-corrected chi connectivity index (χ0v) is 16.5. The molecular weight excluding hydrogens is 364 g/mol. The van der Waals surface area contributed by atoms with E-state index in [4.69, 9.17) is 5.26 Å². The molecule has 0 radical (unpaired) electrons. The maximum atomic E-state index is 12.0. The van der Waals surface area contributed by atoms with Crippen LogP contribution >= 0.6 is 0 Å². The minimum Gasteiger partial charge on any atom is -0.372 e. The van der Waals surface area contributed by atoms with Crippen LogP contribution in [0, 0.1) is 11.3 Å². The Morgan fingerprint density at radius 3 is 2.41 bits per heavy atom. The number of nitrogens with zero attached hydrogens (tertiary/aromatic N) is 2. The molecule has 2 N–H and O–H groups in total. The van der Waals surface area contributed by atoms with Crippen LogP contribution in [0.5, 0.6) is 0 Å². The van der Waals surface area contributed by atoms with Gasteiger partial charge < -0.3 is 15.5 Å². The minimum atomic E-state index is -0.765. The van der Waals surface area contributed by atoms with Crippen LogP contribution in [0.2, 0.25) is 0 Å². The highest BCUT2D eigenvalue weighted by Crippen LogP contribution is 2.20. The van der Waals surface area contributed by atoms with Crippen LogP contribution in [-0.4, -0.2) is 31.4 Å². The molecule has 1 saturated heterocycles. The monoisotopic (exact) mass is 390 g/mol. The van der Waals surface area contributed by atoms with E-state index in [9.17, 15) is 9.59 Å². The standard InChI is InChI=1S/C23H26N4O2/c24-17-19-8-2-3-9-21(19)26-23(29)22(28)25-14-6-7-18-10-12-20(13-11-18)27-15-4-1-5-16-27/h2-3,8-13H,1,4-7,14-16H2,(H,25,28)(H,26,29). The Morgan fingerprint density at radius 2 is 1.69 bits per heavy atom. The number of hydrogen-bond acceptors (Lipinski definition) is 4. The third kappa shape index (κ3) is 5.82. The lowest BCUT2D eigenvalue weighted by molar-refractivity contribution is -0.136. The van der Waals surface area contributed by atoms with Crippen LogP contribution in [0.15, 0.2) is 48.5 Å². The fraction of sp³-hybridized carbons (Fsp3) is 0.348. The molecule has 0 spiro atoms. The van der Waals surface area contributed by atoms with Crippen molar-refractivity contribution in [2.45, 2.75) is 32.1 Å². The highest BCUT2D eigenvalue weighted by molar-refractivity contribution is 6.39. The van der Waals surface area contributed by atoms with Crippen LogP contribution in [0.1, 0.15) is 36.8 Å². The molecule has 2 amide bonds. The summed E-state index contributed by atoms with van der Waals surface area (Å²) >= 11 is 0. The summed E-state index contributed by atoms with van der Waals surface area (Å²) < 4.78 is 0. The number of amides is 2. The van der Waals surface area contributed by atoms with Crippen LogP contribution in [0.3, 0.4) is 0 Å². The second-order valence-electron chi connectivity index (χ2n) is 7.19. The van der Waals surface area contributed by atoms with Crippen LogP contribution in [0.25, 0.3) is 0 Å². The molecule has 2 aromatic carbocycles. The molecule has 1 aliphatic rings. The summed E-state index contributed by atoms with van der Waals surface area (Å²) in [6.07, 6.45) is 5.42. The van der Waals surface area contributed by atoms with Gasteiger partial charge in [-0.25, -0.2) is 0 Å². The zero-order valence-electron chi connectivity index (χ0n) is 16.5. The van der Waals surface area contributed by atoms with Crippen molar-refractivity contribution in [1.29, 1.82) is 5.26 Å². The average molecular weight is 390 g/mol. The summed E-state index contributed by atoms with van der Waals surface area (Å²) in [6.45, 7) is 2.68. The topological polar surface area (TPSA) is 85.2 Å². The molecule has 1 heterocycles. The first-order valence-corrected chi connectivity index (χ1v) is 10.1. The van der Waals surface area contributed by atoms with Gasteiger partial charge in [0.15, 0.2) is 0 Å². The lowest BCUT2D eigenvalue weighted by Gasteiger charge is -2.28. The summed E-state index contributed by atoms with van der Waals surface area (Å²) in [7, 11) is 0. The second kappa shape index (κ2) is 10.3. The van der Waals surface area contributed by atoms with Gasteiger partial charge in [0.2, 0.25) is 0 Å². The van der Waals surface area contributed by atoms with Crippen molar-refractivity contribution >= 4 is 23.2 Å². The number of aryl methyl sites for hydroxylation is 1. The highest BCUT2D eigenvalue weighted by atomic mass is 16.2. The van der Waals surface area contributed by atoms with Crippen molar-refractivity contribution in [3.05, 3.63) is 59.7 Å². The highest BCUT2D eigenvalue weighted by Gasteiger charge is 2.15. The third-order valence-electron chi connectivity index (χ3n) is 5.09. The van der Waals surface area contributed by atoms with Crippen molar-refractivity contribution in [2.75, 3.05) is 29.9 Å². The Morgan fingerprint density at radius 1 is 0.966 bits per heavy atom. The molecule has 0 unspecified atom stereocenters. The summed E-state index contributed by atoms with van der Waals surface area (Å²) in [6, 6.07) is 17.2. The number of benzene rings is 2. The van der Waals surface area contributed by atoms with Crippen molar-refractivity contribution in [1.82, 2.24) is 5.32 Å². The van der Waals surface area contributed by atoms with Gasteiger partial charge in [-0.3, -0.25) is 9.59 Å². The normalized spacial score (nSPS) is 13.4. The molecule has 0 bridgehead atoms. The van der Waals surface area contributed by atoms with E-state index in [0.29, 0.717) is 17.8 Å². The Hall–Kier alpha value is -3.33. The third-order valence-corrected chi connectivity index (χ3v) is 5.09. The summed E-state index contributed by atoms with van der Waals surface area (Å²) in [5.74, 6) is -1.46. The van der Waals surface area contributed by atoms with E-state index in [-0.39, 0.29) is 0 Å². The molecule has 0 atom stereocenters. The molecule has 6 nitrogen and oxygen atoms in total. The number of nitriles is 1. The number of hydrogen-bond donors (Lipinski definition) is 2. The Labute approximate surface area is 171 Å². The van der Waals surface area contributed by atoms with E-state index in [1.54, 1.807) is 24.3 Å². The number of anilines is 2. The molecule has 2 aromatic rings. The van der Waals surface area contributed by atoms with Gasteiger partial charge in [-0.15, -0.1) is 0 Å². The van der Waals surface area contributed by atoms with Gasteiger partial charge in [0.1, 0.15) is 6.07 Å². The largest absolute Gasteiger partial charge is 0.372 e. The van der Waals surface area contributed by atoms with Crippen molar-refractivity contribution in [3.8, 4) is 6.07 Å². The Balaban J connectivity index is 1.40. The van der Waals surface area contributed by atoms with Gasteiger partial charge in [-0.05, 0) is 61.9 Å². The minimum absolute atomic E-state index is 0.321. The van der Waals surface area contributed by atoms with Gasteiger partial charge in [0, 0.05) is 25.3 Å². The van der Waals surface area contributed by atoms with Crippen molar-refractivity contribution < 1.29 is 9.59 Å². The molecule has 1 aliphatic heterocycles. The fourth-order valence-corrected chi connectivity index (χ4v) is 3.47. The van der Waals surface area contributed by atoms with Crippen LogP contribution in [-0.2, 0) is 16.0 Å². The number of piperidine rings is 1. The smallest absolute Gasteiger partial charge is 0.313 e. The first kappa shape index (κ1) is 20.4. The molecule has 6 heteroatoms. The van der Waals surface area contributed by atoms with Gasteiger partial charge >= 0.3 is 11.8 Å². The first-order chi connectivity index (χ1) is 14.2. The maximum absolute atomic E-state index is 12.0. The number of carbonyl (C=O) groups excluding carboxylic acids is 2. The fourth-order valence-electron chi connectivity index (χ4n) is 3.47. The lowest BCUT2D eigenvalue weighted by atomic mass is 10.1. The molecule has 0 aliphatic carbocycles. The number of rotatable bonds is 6. The molecule has 1 fully saturated rings. The van der Waals surface area contributed by atoms with Gasteiger partial charge in [-0.1, -0.05) is 24.3 Å². The second-order valence-corrected chi connectivity index (χ2v) is 7.19. The van der Waals surface area contributed by atoms with E-state index < -0.39 is 11.8 Å². The van der Waals surface area contributed by atoms with Gasteiger partial charge in [0.05, 0.1) is 11.3 Å². The molecule has 29 heavy (non-hydrogen) atoms. The Kier molecular flexibility index (Phi) is 7.23. The maximum Gasteiger partial charge on any atom is 0.313 e. The van der Waals surface area contributed by atoms with Crippen LogP contribution in [0.4, 0.5) is 11.4 Å². The van der Waals surface area contributed by atoms with E-state index in [1.165, 1.54) is 30.5 Å². The zero-order chi connectivity index (χ0) is 20.5. The SMILES string of the molecule is N#Cc1ccccc1NC(=O)C(=O)NCCCc1ccc(N2CCCCC2)cc1. The van der Waals surface area contributed by atoms with E-state index in [1.807, 2.05) is 6.07 Å². The summed E-state index contributed by atoms with van der Waals surface area (Å²) in [5.41, 5.74) is 3.15. The number of carbonyl (C=O) groups is 2. The van der Waals surface area contributed by atoms with Crippen molar-refractivity contribution in [3.63, 3.8) is 0 Å². The van der Waals surface area contributed by atoms with Gasteiger partial charge in [0.25, 0.3) is 0 Å². The van der Waals surface area contributed by atoms with Crippen LogP contribution < -0.4 is 15.5 Å². The summed E-state index contributed by atoms with van der Waals surface area (Å²) in [4.78, 5) is 26.4. The lowest BCUT2D eigenvalue weighted by Crippen LogP contribution is -2.36. The van der Waals surface area contributed by atoms with Gasteiger partial charge in [-0.2, -0.15) is 5.26 Å². The molecule has 0 saturated carbocycles. The first-order valence-electron chi connectivity index (χ1n) is 10.1. The van der Waals surface area contributed by atoms with E-state index in [0.717, 1.165) is 25.9 Å². The number of nitrogens with one attached hydrogen (secondary N) is 2. The predicted octanol–water partition coefficient (Wildman–Crippen LogP) is 3.24. The number of para-hydroxylation sites is 1. The quantitative estimate of drug-likeness (QED) is 0.586. The predicted molar refractivity (Wildman–Crippen MR) is 114 cm³/mol. The molecule has 150 valence electrons. The molecule has 3 rings (SSSR count). The van der Waals surface area contributed by atoms with E-state index >= 15 is 0 Å². The van der Waals surface area contributed by atoms with E-state index in [2.05, 4.69) is 39.8 Å². The summed E-state index contributed by atoms with van der Waals surface area (Å²) in [5, 5.41) is 14.1. The Bertz CT molecular complexity index is 880. The molecular formula is C23H26N4O2. The molecule has 0 aromatic heterocycles. The van der Waals surface area contributed by atoms with Crippen molar-refractivity contribution in [2.24, 2.45) is 0 Å². The average Bonchev–Trinajstić information content (AvgIpc) is 2.78.